The minimum Gasteiger partial charge on any atom is -0.465 e. The molecule has 1 amide bonds. The second-order valence-electron chi connectivity index (χ2n) is 5.58. The van der Waals surface area contributed by atoms with Crippen LogP contribution in [0.3, 0.4) is 0 Å². The van der Waals surface area contributed by atoms with Gasteiger partial charge in [-0.25, -0.2) is 4.79 Å². The molecule has 3 atom stereocenters. The maximum atomic E-state index is 11.1. The topological polar surface area (TPSA) is 109 Å². The van der Waals surface area contributed by atoms with Gasteiger partial charge in [-0.2, -0.15) is 0 Å². The second kappa shape index (κ2) is 5.19. The monoisotopic (exact) mass is 292 g/mol. The summed E-state index contributed by atoms with van der Waals surface area (Å²) in [5.74, 6) is 0.251. The maximum absolute atomic E-state index is 11.1. The van der Waals surface area contributed by atoms with Crippen LogP contribution in [0.5, 0.6) is 0 Å². The summed E-state index contributed by atoms with van der Waals surface area (Å²) in [6, 6.07) is 3.34. The van der Waals surface area contributed by atoms with Crippen molar-refractivity contribution in [3.63, 3.8) is 0 Å². The number of piperidine rings is 1. The summed E-state index contributed by atoms with van der Waals surface area (Å²) in [4.78, 5) is 27.3. The Balaban J connectivity index is 1.82. The summed E-state index contributed by atoms with van der Waals surface area (Å²) in [7, 11) is 0. The van der Waals surface area contributed by atoms with Gasteiger partial charge in [-0.15, -0.1) is 0 Å². The number of anilines is 1. The van der Waals surface area contributed by atoms with Crippen molar-refractivity contribution in [2.24, 2.45) is 11.8 Å². The van der Waals surface area contributed by atoms with Crippen molar-refractivity contribution in [3.05, 3.63) is 28.4 Å². The summed E-state index contributed by atoms with van der Waals surface area (Å²) in [6.45, 7) is 1.24. The first kappa shape index (κ1) is 13.6. The molecule has 1 aromatic heterocycles. The standard InChI is InChI=1S/C13H16N4O4/c18-13(19)15-11-8-3-4-9(11)7-16(6-8)10-2-1-5-14-12(10)17(20)21/h1-2,5,8-9,11,15H,3-4,6-7H2,(H,18,19)/t8-,9+,11-. The zero-order valence-corrected chi connectivity index (χ0v) is 11.3. The van der Waals surface area contributed by atoms with Crippen LogP contribution in [0.25, 0.3) is 0 Å². The molecule has 1 saturated heterocycles. The Kier molecular flexibility index (Phi) is 3.36. The van der Waals surface area contributed by atoms with Gasteiger partial charge in [0.15, 0.2) is 0 Å². The van der Waals surface area contributed by atoms with E-state index >= 15 is 0 Å². The number of hydrogen-bond acceptors (Lipinski definition) is 5. The number of amides is 1. The molecule has 1 aromatic rings. The zero-order chi connectivity index (χ0) is 15.0. The third-order valence-corrected chi connectivity index (χ3v) is 4.40. The highest BCUT2D eigenvalue weighted by Crippen LogP contribution is 2.40. The van der Waals surface area contributed by atoms with E-state index in [-0.39, 0.29) is 23.7 Å². The van der Waals surface area contributed by atoms with Crippen LogP contribution < -0.4 is 10.2 Å². The fourth-order valence-corrected chi connectivity index (χ4v) is 3.57. The van der Waals surface area contributed by atoms with Crippen LogP contribution >= 0.6 is 0 Å². The largest absolute Gasteiger partial charge is 0.465 e. The maximum Gasteiger partial charge on any atom is 0.404 e. The van der Waals surface area contributed by atoms with Crippen LogP contribution in [-0.2, 0) is 0 Å². The van der Waals surface area contributed by atoms with E-state index < -0.39 is 11.0 Å². The van der Waals surface area contributed by atoms with Crippen molar-refractivity contribution >= 4 is 17.6 Å². The van der Waals surface area contributed by atoms with E-state index in [1.54, 1.807) is 12.1 Å². The molecule has 2 fully saturated rings. The SMILES string of the molecule is O=C(O)N[C@@H]1[C@@H]2CC[C@H]1CN(c1cccnc1[N+](=O)[O-])C2. The number of fused-ring (bicyclic) bond motifs is 2. The summed E-state index contributed by atoms with van der Waals surface area (Å²) in [6.07, 6.45) is 2.30. The molecule has 1 aliphatic carbocycles. The number of nitrogens with one attached hydrogen (secondary N) is 1. The number of carboxylic acid groups (broad SMARTS) is 1. The Morgan fingerprint density at radius 3 is 2.67 bits per heavy atom. The Morgan fingerprint density at radius 2 is 2.10 bits per heavy atom. The van der Waals surface area contributed by atoms with E-state index in [1.165, 1.54) is 6.20 Å². The predicted molar refractivity (Wildman–Crippen MR) is 74.3 cm³/mol. The van der Waals surface area contributed by atoms with Crippen molar-refractivity contribution in [2.45, 2.75) is 18.9 Å². The molecule has 3 rings (SSSR count). The molecule has 2 bridgehead atoms. The van der Waals surface area contributed by atoms with E-state index in [0.29, 0.717) is 18.8 Å². The number of carbonyl (C=O) groups is 1. The molecule has 1 saturated carbocycles. The Labute approximate surface area is 120 Å². The van der Waals surface area contributed by atoms with Gasteiger partial charge in [0, 0.05) is 19.1 Å². The summed E-state index contributed by atoms with van der Waals surface area (Å²) < 4.78 is 0. The van der Waals surface area contributed by atoms with Crippen molar-refractivity contribution in [1.82, 2.24) is 10.3 Å². The lowest BCUT2D eigenvalue weighted by Gasteiger charge is -2.38. The first-order valence-corrected chi connectivity index (χ1v) is 6.90. The van der Waals surface area contributed by atoms with Gasteiger partial charge < -0.3 is 25.4 Å². The van der Waals surface area contributed by atoms with Gasteiger partial charge in [-0.3, -0.25) is 0 Å². The number of hydrogen-bond donors (Lipinski definition) is 2. The smallest absolute Gasteiger partial charge is 0.404 e. The molecular weight excluding hydrogens is 276 g/mol. The normalized spacial score (nSPS) is 27.4. The van der Waals surface area contributed by atoms with Crippen LogP contribution in [0, 0.1) is 22.0 Å². The zero-order valence-electron chi connectivity index (χ0n) is 11.3. The number of aromatic nitrogens is 1. The minimum atomic E-state index is -1.00. The summed E-state index contributed by atoms with van der Waals surface area (Å²) in [5, 5.41) is 22.6. The van der Waals surface area contributed by atoms with Crippen molar-refractivity contribution in [3.8, 4) is 0 Å². The molecule has 0 aromatic carbocycles. The molecule has 21 heavy (non-hydrogen) atoms. The van der Waals surface area contributed by atoms with Gasteiger partial charge in [0.2, 0.25) is 0 Å². The lowest BCUT2D eigenvalue weighted by atomic mass is 9.92. The number of pyridine rings is 1. The Bertz CT molecular complexity index is 565. The number of nitro groups is 1. The minimum absolute atomic E-state index is 0.0468. The summed E-state index contributed by atoms with van der Waals surface area (Å²) >= 11 is 0. The van der Waals surface area contributed by atoms with Gasteiger partial charge in [0.1, 0.15) is 11.9 Å². The number of nitrogens with zero attached hydrogens (tertiary/aromatic N) is 3. The average Bonchev–Trinajstić information content (AvgIpc) is 2.69. The van der Waals surface area contributed by atoms with Crippen LogP contribution in [0.15, 0.2) is 18.3 Å². The quantitative estimate of drug-likeness (QED) is 0.645. The van der Waals surface area contributed by atoms with Crippen LogP contribution in [0.1, 0.15) is 12.8 Å². The van der Waals surface area contributed by atoms with Crippen molar-refractivity contribution < 1.29 is 14.8 Å². The first-order chi connectivity index (χ1) is 10.1. The van der Waals surface area contributed by atoms with Crippen LogP contribution in [-0.4, -0.2) is 40.2 Å². The van der Waals surface area contributed by atoms with Gasteiger partial charge in [-0.1, -0.05) is 0 Å². The van der Waals surface area contributed by atoms with Crippen LogP contribution in [0.2, 0.25) is 0 Å². The molecule has 2 aliphatic rings. The Morgan fingerprint density at radius 1 is 1.43 bits per heavy atom. The van der Waals surface area contributed by atoms with Gasteiger partial charge in [0.05, 0.1) is 0 Å². The van der Waals surface area contributed by atoms with Crippen molar-refractivity contribution in [1.29, 1.82) is 0 Å². The predicted octanol–water partition coefficient (Wildman–Crippen LogP) is 1.47. The molecule has 0 unspecified atom stereocenters. The van der Waals surface area contributed by atoms with E-state index in [0.717, 1.165) is 12.8 Å². The van der Waals surface area contributed by atoms with E-state index in [4.69, 9.17) is 5.11 Å². The lowest BCUT2D eigenvalue weighted by Crippen LogP contribution is -2.52. The lowest BCUT2D eigenvalue weighted by molar-refractivity contribution is -0.388. The van der Waals surface area contributed by atoms with E-state index in [1.807, 2.05) is 4.90 Å². The van der Waals surface area contributed by atoms with E-state index in [9.17, 15) is 14.9 Å². The molecule has 2 heterocycles. The van der Waals surface area contributed by atoms with Gasteiger partial charge in [0.25, 0.3) is 0 Å². The first-order valence-electron chi connectivity index (χ1n) is 6.90. The highest BCUT2D eigenvalue weighted by Gasteiger charge is 2.43. The highest BCUT2D eigenvalue weighted by molar-refractivity contribution is 5.65. The third-order valence-electron chi connectivity index (χ3n) is 4.40. The highest BCUT2D eigenvalue weighted by atomic mass is 16.6. The molecule has 112 valence electrons. The number of rotatable bonds is 3. The molecule has 8 nitrogen and oxygen atoms in total. The second-order valence-corrected chi connectivity index (χ2v) is 5.58. The fourth-order valence-electron chi connectivity index (χ4n) is 3.57. The molecule has 0 spiro atoms. The molecular formula is C13H16N4O4. The third kappa shape index (κ3) is 2.48. The van der Waals surface area contributed by atoms with Crippen LogP contribution in [0.4, 0.5) is 16.3 Å². The summed E-state index contributed by atoms with van der Waals surface area (Å²) in [5.41, 5.74) is 0.521. The Hall–Kier alpha value is -2.38. The van der Waals surface area contributed by atoms with Gasteiger partial charge in [-0.05, 0) is 46.7 Å². The average molecular weight is 292 g/mol. The van der Waals surface area contributed by atoms with E-state index in [2.05, 4.69) is 10.3 Å². The molecule has 0 radical (unpaired) electrons. The van der Waals surface area contributed by atoms with Crippen molar-refractivity contribution in [2.75, 3.05) is 18.0 Å². The fraction of sp³-hybridized carbons (Fsp3) is 0.538. The molecule has 1 aliphatic heterocycles. The molecule has 2 N–H and O–H groups in total. The van der Waals surface area contributed by atoms with Gasteiger partial charge >= 0.3 is 11.9 Å². The molecule has 8 heteroatoms.